The fraction of sp³-hybridized carbons (Fsp3) is 0.667. The maximum Gasteiger partial charge on any atom is 0.0440 e. The summed E-state index contributed by atoms with van der Waals surface area (Å²) < 4.78 is 0. The lowest BCUT2D eigenvalue weighted by Gasteiger charge is -2.37. The zero-order valence-corrected chi connectivity index (χ0v) is 13.6. The van der Waals surface area contributed by atoms with Gasteiger partial charge in [0, 0.05) is 11.1 Å². The molecule has 0 atom stereocenters. The van der Waals surface area contributed by atoms with Crippen molar-refractivity contribution in [3.8, 4) is 0 Å². The van der Waals surface area contributed by atoms with Crippen molar-refractivity contribution in [2.24, 2.45) is 0 Å². The molecule has 2 nitrogen and oxygen atoms in total. The predicted octanol–water partition coefficient (Wildman–Crippen LogP) is 4.05. The van der Waals surface area contributed by atoms with Gasteiger partial charge in [0.15, 0.2) is 0 Å². The molecule has 0 bridgehead atoms. The number of piperidine rings is 1. The van der Waals surface area contributed by atoms with E-state index in [4.69, 9.17) is 11.6 Å². The summed E-state index contributed by atoms with van der Waals surface area (Å²) >= 11 is 6.27. The largest absolute Gasteiger partial charge is 0.314 e. The summed E-state index contributed by atoms with van der Waals surface area (Å²) in [4.78, 5) is 2.62. The second kappa shape index (κ2) is 7.62. The molecule has 1 aromatic rings. The molecule has 1 heterocycles. The fourth-order valence-electron chi connectivity index (χ4n) is 3.64. The van der Waals surface area contributed by atoms with Gasteiger partial charge in [0.1, 0.15) is 0 Å². The third-order valence-corrected chi connectivity index (χ3v) is 5.36. The van der Waals surface area contributed by atoms with Crippen LogP contribution in [-0.4, -0.2) is 37.1 Å². The van der Waals surface area contributed by atoms with Gasteiger partial charge < -0.3 is 10.2 Å². The molecule has 116 valence electrons. The van der Waals surface area contributed by atoms with Gasteiger partial charge in [0.05, 0.1) is 0 Å². The maximum atomic E-state index is 6.27. The highest BCUT2D eigenvalue weighted by Gasteiger charge is 2.30. The summed E-state index contributed by atoms with van der Waals surface area (Å²) in [7, 11) is 0. The summed E-state index contributed by atoms with van der Waals surface area (Å²) in [6.07, 6.45) is 8.00. The summed E-state index contributed by atoms with van der Waals surface area (Å²) in [5, 5.41) is 4.64. The van der Waals surface area contributed by atoms with Crippen molar-refractivity contribution in [2.45, 2.75) is 50.5 Å². The van der Waals surface area contributed by atoms with E-state index in [1.807, 2.05) is 12.1 Å². The lowest BCUT2D eigenvalue weighted by atomic mass is 9.76. The molecule has 0 unspecified atom stereocenters. The van der Waals surface area contributed by atoms with E-state index in [9.17, 15) is 0 Å². The molecule has 1 saturated carbocycles. The highest BCUT2D eigenvalue weighted by Crippen LogP contribution is 2.39. The summed E-state index contributed by atoms with van der Waals surface area (Å²) in [5.74, 6) is 0.665. The van der Waals surface area contributed by atoms with Crippen LogP contribution in [0.1, 0.15) is 50.0 Å². The summed E-state index contributed by atoms with van der Waals surface area (Å²) in [5.41, 5.74) is 1.34. The van der Waals surface area contributed by atoms with Crippen molar-refractivity contribution in [2.75, 3.05) is 26.2 Å². The van der Waals surface area contributed by atoms with Crippen LogP contribution < -0.4 is 5.32 Å². The second-order valence-corrected chi connectivity index (χ2v) is 7.00. The van der Waals surface area contributed by atoms with Gasteiger partial charge in [-0.15, -0.1) is 0 Å². The standard InChI is InChI=1S/C18H27ClN2/c19-18-8-3-2-7-17(18)15-13-16(14-15)20-9-6-12-21-10-4-1-5-11-21/h2-3,7-8,15-16,20H,1,4-6,9-14H2. The summed E-state index contributed by atoms with van der Waals surface area (Å²) in [6.45, 7) is 5.07. The minimum atomic E-state index is 0.665. The van der Waals surface area contributed by atoms with Gasteiger partial charge in [-0.25, -0.2) is 0 Å². The van der Waals surface area contributed by atoms with E-state index in [1.165, 1.54) is 63.7 Å². The zero-order chi connectivity index (χ0) is 14.5. The normalized spacial score (nSPS) is 26.5. The van der Waals surface area contributed by atoms with Gasteiger partial charge in [0.2, 0.25) is 0 Å². The lowest BCUT2D eigenvalue weighted by Crippen LogP contribution is -2.41. The smallest absolute Gasteiger partial charge is 0.0440 e. The SMILES string of the molecule is Clc1ccccc1C1CC(NCCCN2CCCCC2)C1. The lowest BCUT2D eigenvalue weighted by molar-refractivity contribution is 0.220. The highest BCUT2D eigenvalue weighted by molar-refractivity contribution is 6.31. The molecule has 1 saturated heterocycles. The van der Waals surface area contributed by atoms with Crippen molar-refractivity contribution in [1.82, 2.24) is 10.2 Å². The number of nitrogens with zero attached hydrogens (tertiary/aromatic N) is 1. The Morgan fingerprint density at radius 3 is 2.62 bits per heavy atom. The minimum absolute atomic E-state index is 0.665. The Labute approximate surface area is 133 Å². The van der Waals surface area contributed by atoms with Gasteiger partial charge in [-0.2, -0.15) is 0 Å². The van der Waals surface area contributed by atoms with Gasteiger partial charge in [-0.05, 0) is 75.8 Å². The molecular weight excluding hydrogens is 280 g/mol. The van der Waals surface area contributed by atoms with E-state index in [2.05, 4.69) is 22.3 Å². The van der Waals surface area contributed by atoms with Crippen molar-refractivity contribution >= 4 is 11.6 Å². The molecule has 3 heteroatoms. The van der Waals surface area contributed by atoms with Crippen LogP contribution in [0, 0.1) is 0 Å². The first kappa shape index (κ1) is 15.3. The Morgan fingerprint density at radius 2 is 1.86 bits per heavy atom. The highest BCUT2D eigenvalue weighted by atomic mass is 35.5. The Bertz CT molecular complexity index is 437. The Morgan fingerprint density at radius 1 is 1.10 bits per heavy atom. The maximum absolute atomic E-state index is 6.27. The molecule has 0 amide bonds. The molecule has 2 fully saturated rings. The zero-order valence-electron chi connectivity index (χ0n) is 12.9. The van der Waals surface area contributed by atoms with Crippen LogP contribution in [0.3, 0.4) is 0 Å². The molecule has 2 aliphatic rings. The van der Waals surface area contributed by atoms with E-state index < -0.39 is 0 Å². The van der Waals surface area contributed by atoms with E-state index in [0.717, 1.165) is 11.6 Å². The van der Waals surface area contributed by atoms with E-state index >= 15 is 0 Å². The first-order chi connectivity index (χ1) is 10.3. The molecule has 1 aliphatic heterocycles. The average Bonchev–Trinajstić information content (AvgIpc) is 2.47. The average molecular weight is 307 g/mol. The predicted molar refractivity (Wildman–Crippen MR) is 90.1 cm³/mol. The number of likely N-dealkylation sites (tertiary alicyclic amines) is 1. The first-order valence-electron chi connectivity index (χ1n) is 8.53. The van der Waals surface area contributed by atoms with Gasteiger partial charge in [-0.1, -0.05) is 36.2 Å². The molecule has 1 aromatic carbocycles. The quantitative estimate of drug-likeness (QED) is 0.798. The molecule has 1 aliphatic carbocycles. The molecular formula is C18H27ClN2. The molecule has 0 spiro atoms. The van der Waals surface area contributed by atoms with Crippen LogP contribution in [0.2, 0.25) is 5.02 Å². The number of nitrogens with one attached hydrogen (secondary N) is 1. The van der Waals surface area contributed by atoms with Crippen molar-refractivity contribution in [3.63, 3.8) is 0 Å². The Hall–Kier alpha value is -0.570. The van der Waals surface area contributed by atoms with Gasteiger partial charge in [0.25, 0.3) is 0 Å². The first-order valence-corrected chi connectivity index (χ1v) is 8.91. The molecule has 1 N–H and O–H groups in total. The third kappa shape index (κ3) is 4.21. The second-order valence-electron chi connectivity index (χ2n) is 6.60. The number of halogens is 1. The van der Waals surface area contributed by atoms with Gasteiger partial charge in [-0.3, -0.25) is 0 Å². The number of hydrogen-bond acceptors (Lipinski definition) is 2. The van der Waals surface area contributed by atoms with E-state index in [1.54, 1.807) is 0 Å². The molecule has 0 radical (unpaired) electrons. The Balaban J connectivity index is 1.30. The number of benzene rings is 1. The topological polar surface area (TPSA) is 15.3 Å². The van der Waals surface area contributed by atoms with Gasteiger partial charge >= 0.3 is 0 Å². The van der Waals surface area contributed by atoms with E-state index in [0.29, 0.717) is 12.0 Å². The van der Waals surface area contributed by atoms with Crippen molar-refractivity contribution in [1.29, 1.82) is 0 Å². The van der Waals surface area contributed by atoms with Crippen molar-refractivity contribution < 1.29 is 0 Å². The molecule has 21 heavy (non-hydrogen) atoms. The third-order valence-electron chi connectivity index (χ3n) is 5.02. The monoisotopic (exact) mass is 306 g/mol. The Kier molecular flexibility index (Phi) is 5.56. The van der Waals surface area contributed by atoms with Crippen LogP contribution in [0.4, 0.5) is 0 Å². The van der Waals surface area contributed by atoms with Crippen LogP contribution in [0.5, 0.6) is 0 Å². The number of rotatable bonds is 6. The van der Waals surface area contributed by atoms with Crippen LogP contribution in [-0.2, 0) is 0 Å². The molecule has 3 rings (SSSR count). The van der Waals surface area contributed by atoms with Crippen LogP contribution >= 0.6 is 11.6 Å². The van der Waals surface area contributed by atoms with Crippen LogP contribution in [0.25, 0.3) is 0 Å². The van der Waals surface area contributed by atoms with Crippen molar-refractivity contribution in [3.05, 3.63) is 34.9 Å². The molecule has 0 aromatic heterocycles. The fourth-order valence-corrected chi connectivity index (χ4v) is 3.93. The van der Waals surface area contributed by atoms with E-state index in [-0.39, 0.29) is 0 Å². The summed E-state index contributed by atoms with van der Waals surface area (Å²) in [6, 6.07) is 9.00. The minimum Gasteiger partial charge on any atom is -0.314 e. The van der Waals surface area contributed by atoms with Crippen LogP contribution in [0.15, 0.2) is 24.3 Å². The number of hydrogen-bond donors (Lipinski definition) is 1.